The van der Waals surface area contributed by atoms with Crippen LogP contribution in [0.2, 0.25) is 0 Å². The van der Waals surface area contributed by atoms with Gasteiger partial charge >= 0.3 is 41.8 Å². The van der Waals surface area contributed by atoms with Crippen molar-refractivity contribution in [1.82, 2.24) is 5.32 Å². The van der Waals surface area contributed by atoms with Gasteiger partial charge < -0.3 is 57.4 Å². The van der Waals surface area contributed by atoms with E-state index in [0.717, 1.165) is 6.08 Å². The Kier molecular flexibility index (Phi) is 21.0. The van der Waals surface area contributed by atoms with E-state index in [1.54, 1.807) is 127 Å². The maximum absolute atomic E-state index is 14.6. The summed E-state index contributed by atoms with van der Waals surface area (Å²) >= 11 is 0. The Bertz CT molecular complexity index is 3420. The second-order valence-corrected chi connectivity index (χ2v) is 19.2. The smallest absolute Gasteiger partial charge is 0.338 e. The van der Waals surface area contributed by atoms with Crippen molar-refractivity contribution in [3.8, 4) is 0 Å². The first-order valence-electron chi connectivity index (χ1n) is 27.2. The van der Waals surface area contributed by atoms with Gasteiger partial charge in [-0.1, -0.05) is 134 Å². The van der Waals surface area contributed by atoms with Crippen LogP contribution in [0.15, 0.2) is 225 Å². The zero-order valence-electron chi connectivity index (χ0n) is 45.9. The Morgan fingerprint density at radius 3 is 0.988 bits per heavy atom. The molecule has 7 aromatic carbocycles. The fraction of sp³-hybridized carbons (Fsp3) is 0.212. The molecule has 0 radical (unpaired) electrons. The van der Waals surface area contributed by atoms with Gasteiger partial charge in [0.25, 0.3) is 0 Å². The third-order valence-corrected chi connectivity index (χ3v) is 13.4. The molecule has 9 rings (SSSR count). The SMILES string of the molecule is C=CC(=O)NCCO[C@@H]1O[C@H](COC(=O)c2ccccc2)[C@@H](O[C@@H]2O[C@H](COC(=O)c3ccccc3)[C@H](OC(=O)c3ccccc3)[C@H](OC(=O)c3ccccc3)[C@H]2OC(=O)c2ccccc2)[C@H](OC(=O)c2ccccc2)[C@H]1OC(=O)c1ccccc1. The lowest BCUT2D eigenvalue weighted by molar-refractivity contribution is -0.356. The largest absolute Gasteiger partial charge is 0.459 e. The predicted octanol–water partition coefficient (Wildman–Crippen LogP) is 7.98. The molecule has 0 spiro atoms. The molecule has 0 bridgehead atoms. The summed E-state index contributed by atoms with van der Waals surface area (Å²) in [5.41, 5.74) is 0.271. The fourth-order valence-electron chi connectivity index (χ4n) is 9.13. The molecule has 20 heteroatoms. The maximum atomic E-state index is 14.6. The van der Waals surface area contributed by atoms with Gasteiger partial charge in [0, 0.05) is 6.54 Å². The van der Waals surface area contributed by atoms with Gasteiger partial charge in [0.05, 0.1) is 45.6 Å². The Hall–Kier alpha value is -10.1. The molecule has 2 heterocycles. The predicted molar refractivity (Wildman–Crippen MR) is 303 cm³/mol. The van der Waals surface area contributed by atoms with Crippen LogP contribution in [0.25, 0.3) is 0 Å². The van der Waals surface area contributed by atoms with Crippen LogP contribution in [-0.2, 0) is 56.9 Å². The van der Waals surface area contributed by atoms with Crippen molar-refractivity contribution >= 4 is 47.7 Å². The van der Waals surface area contributed by atoms with E-state index < -0.39 is 122 Å². The molecule has 0 unspecified atom stereocenters. The Balaban J connectivity index is 1.21. The van der Waals surface area contributed by atoms with E-state index in [-0.39, 0.29) is 52.1 Å². The number of carbonyl (C=O) groups is 8. The Labute approximate surface area is 493 Å². The summed E-state index contributed by atoms with van der Waals surface area (Å²) in [6, 6.07) is 54.3. The zero-order chi connectivity index (χ0) is 60.2. The van der Waals surface area contributed by atoms with Gasteiger partial charge in [-0.25, -0.2) is 33.6 Å². The summed E-state index contributed by atoms with van der Waals surface area (Å²) in [6.07, 6.45) is -17.5. The van der Waals surface area contributed by atoms with Gasteiger partial charge in [-0.3, -0.25) is 4.79 Å². The van der Waals surface area contributed by atoms with E-state index in [1.807, 2.05) is 0 Å². The number of hydrogen-bond acceptors (Lipinski definition) is 19. The van der Waals surface area contributed by atoms with E-state index in [0.29, 0.717) is 0 Å². The number of benzene rings is 7. The number of hydrogen-bond donors (Lipinski definition) is 1. The van der Waals surface area contributed by atoms with Crippen molar-refractivity contribution in [2.24, 2.45) is 0 Å². The summed E-state index contributed by atoms with van der Waals surface area (Å²) in [5, 5.41) is 2.58. The molecule has 20 nitrogen and oxygen atoms in total. The minimum absolute atomic E-state index is 0.00220. The van der Waals surface area contributed by atoms with Crippen LogP contribution in [0.3, 0.4) is 0 Å². The topological polar surface area (TPSA) is 250 Å². The summed E-state index contributed by atoms with van der Waals surface area (Å²) in [5.74, 6) is -7.27. The van der Waals surface area contributed by atoms with Crippen LogP contribution in [-0.4, -0.2) is 135 Å². The van der Waals surface area contributed by atoms with Crippen LogP contribution in [0, 0.1) is 0 Å². The molecule has 1 amide bonds. The van der Waals surface area contributed by atoms with E-state index >= 15 is 0 Å². The maximum Gasteiger partial charge on any atom is 0.338 e. The highest BCUT2D eigenvalue weighted by molar-refractivity contribution is 5.93. The monoisotopic (exact) mass is 1170 g/mol. The lowest BCUT2D eigenvalue weighted by Crippen LogP contribution is -2.67. The quantitative estimate of drug-likeness (QED) is 0.0276. The summed E-state index contributed by atoms with van der Waals surface area (Å²) in [4.78, 5) is 113. The number of nitrogens with one attached hydrogen (secondary N) is 1. The van der Waals surface area contributed by atoms with Crippen molar-refractivity contribution in [3.05, 3.63) is 264 Å². The highest BCUT2D eigenvalue weighted by atomic mass is 16.8. The molecule has 0 aromatic heterocycles. The molecule has 0 aliphatic carbocycles. The van der Waals surface area contributed by atoms with E-state index in [9.17, 15) is 38.4 Å². The van der Waals surface area contributed by atoms with Crippen LogP contribution >= 0.6 is 0 Å². The van der Waals surface area contributed by atoms with Crippen LogP contribution in [0.5, 0.6) is 0 Å². The third-order valence-electron chi connectivity index (χ3n) is 13.4. The normalized spacial score (nSPS) is 21.4. The van der Waals surface area contributed by atoms with E-state index in [2.05, 4.69) is 11.9 Å². The molecular weight excluding hydrogens is 1110 g/mol. The van der Waals surface area contributed by atoms with E-state index in [4.69, 9.17) is 52.1 Å². The highest BCUT2D eigenvalue weighted by Crippen LogP contribution is 2.37. The van der Waals surface area contributed by atoms with Crippen LogP contribution in [0.1, 0.15) is 72.5 Å². The van der Waals surface area contributed by atoms with Crippen molar-refractivity contribution in [2.45, 2.75) is 61.4 Å². The lowest BCUT2D eigenvalue weighted by atomic mass is 9.95. The lowest BCUT2D eigenvalue weighted by Gasteiger charge is -2.48. The number of rotatable bonds is 23. The Morgan fingerprint density at radius 2 is 0.640 bits per heavy atom. The molecule has 7 aromatic rings. The third kappa shape index (κ3) is 15.9. The molecule has 440 valence electrons. The van der Waals surface area contributed by atoms with Crippen LogP contribution < -0.4 is 5.32 Å². The first-order valence-corrected chi connectivity index (χ1v) is 27.2. The second-order valence-electron chi connectivity index (χ2n) is 19.2. The van der Waals surface area contributed by atoms with Crippen molar-refractivity contribution in [2.75, 3.05) is 26.4 Å². The standard InChI is InChI=1S/C66H57NO19/c1-2-51(68)67-38-39-76-65-56(84-63(74)47-34-20-8-21-35-47)55(83-62(73)46-32-18-7-19-33-46)53(50(79-65)41-78-59(70)43-26-12-4-13-27-43)86-66-57(85-64(75)48-36-22-9-23-37-48)54(82-61(72)45-30-16-6-17-31-45)52(81-60(71)44-28-14-5-15-29-44)49(80-66)40-77-58(69)42-24-10-3-11-25-42/h2-37,49-50,52-57,65-66H,1,38-41H2,(H,67,68)/t49-,50-,52+,53-,54+,55+,56-,57-,65-,66+/m1/s1. The zero-order valence-corrected chi connectivity index (χ0v) is 45.9. The molecule has 10 atom stereocenters. The molecule has 2 saturated heterocycles. The average Bonchev–Trinajstić information content (AvgIpc) is 2.37. The van der Waals surface area contributed by atoms with Crippen molar-refractivity contribution in [3.63, 3.8) is 0 Å². The number of esters is 7. The molecule has 1 N–H and O–H groups in total. The van der Waals surface area contributed by atoms with Gasteiger partial charge in [-0.05, 0) is 91.0 Å². The second kappa shape index (κ2) is 29.9. The molecule has 2 aliphatic rings. The molecule has 2 aliphatic heterocycles. The van der Waals surface area contributed by atoms with Gasteiger partial charge in [0.2, 0.25) is 5.91 Å². The number of amides is 1. The van der Waals surface area contributed by atoms with Gasteiger partial charge in [0.15, 0.2) is 43.1 Å². The number of carbonyl (C=O) groups excluding carboxylic acids is 8. The highest BCUT2D eigenvalue weighted by Gasteiger charge is 2.58. The molecule has 86 heavy (non-hydrogen) atoms. The fourth-order valence-corrected chi connectivity index (χ4v) is 9.13. The van der Waals surface area contributed by atoms with Crippen molar-refractivity contribution < 1.29 is 90.5 Å². The molecule has 0 saturated carbocycles. The van der Waals surface area contributed by atoms with Gasteiger partial charge in [0.1, 0.15) is 31.5 Å². The minimum Gasteiger partial charge on any atom is -0.459 e. The van der Waals surface area contributed by atoms with Crippen LogP contribution in [0.4, 0.5) is 0 Å². The minimum atomic E-state index is -2.10. The van der Waals surface area contributed by atoms with Gasteiger partial charge in [-0.15, -0.1) is 0 Å². The Morgan fingerprint density at radius 1 is 0.360 bits per heavy atom. The summed E-state index contributed by atoms with van der Waals surface area (Å²) in [6.45, 7) is 1.50. The van der Waals surface area contributed by atoms with Gasteiger partial charge in [-0.2, -0.15) is 0 Å². The first-order chi connectivity index (χ1) is 41.9. The first kappa shape index (κ1) is 60.5. The summed E-state index contributed by atoms with van der Waals surface area (Å²) < 4.78 is 69.9. The van der Waals surface area contributed by atoms with Crippen molar-refractivity contribution in [1.29, 1.82) is 0 Å². The number of ether oxygens (including phenoxy) is 11. The summed E-state index contributed by atoms with van der Waals surface area (Å²) in [7, 11) is 0. The van der Waals surface area contributed by atoms with E-state index in [1.165, 1.54) is 84.9 Å². The molecule has 2 fully saturated rings. The molecular formula is C66H57NO19. The average molecular weight is 1170 g/mol.